The minimum absolute atomic E-state index is 0.160. The third kappa shape index (κ3) is 3.52. The van der Waals surface area contributed by atoms with Gasteiger partial charge in [-0.1, -0.05) is 34.1 Å². The Morgan fingerprint density at radius 3 is 2.42 bits per heavy atom. The first-order valence-electron chi connectivity index (χ1n) is 5.45. The van der Waals surface area contributed by atoms with Gasteiger partial charge in [0, 0.05) is 22.3 Å². The summed E-state index contributed by atoms with van der Waals surface area (Å²) in [5.74, 6) is -1.25. The first-order valence-corrected chi connectivity index (χ1v) is 7.04. The minimum atomic E-state index is -0.635. The molecule has 0 aliphatic rings. The average Bonchev–Trinajstić information content (AvgIpc) is 2.41. The Labute approximate surface area is 126 Å². The van der Waals surface area contributed by atoms with Gasteiger partial charge in [-0.05, 0) is 34.1 Å². The van der Waals surface area contributed by atoms with Crippen molar-refractivity contribution in [1.29, 1.82) is 0 Å². The first-order chi connectivity index (χ1) is 9.09. The number of hydrazine groups is 1. The number of anilines is 1. The fourth-order valence-electron chi connectivity index (χ4n) is 1.52. The number of hydrogen-bond donors (Lipinski definition) is 2. The van der Waals surface area contributed by atoms with E-state index < -0.39 is 11.6 Å². The molecular weight excluding hydrogens is 382 g/mol. The van der Waals surface area contributed by atoms with Crippen molar-refractivity contribution < 1.29 is 8.78 Å². The lowest BCUT2D eigenvalue weighted by atomic mass is 10.2. The van der Waals surface area contributed by atoms with Crippen molar-refractivity contribution in [3.05, 3.63) is 62.5 Å². The fourth-order valence-corrected chi connectivity index (χ4v) is 2.39. The van der Waals surface area contributed by atoms with Gasteiger partial charge >= 0.3 is 0 Å². The molecule has 0 amide bonds. The number of halogens is 4. The molecule has 0 aromatic heterocycles. The molecule has 2 nitrogen and oxygen atoms in total. The number of hydrogen-bond acceptors (Lipinski definition) is 2. The summed E-state index contributed by atoms with van der Waals surface area (Å²) in [4.78, 5) is 0. The van der Waals surface area contributed by atoms with Gasteiger partial charge in [-0.25, -0.2) is 14.2 Å². The second kappa shape index (κ2) is 6.45. The van der Waals surface area contributed by atoms with Crippen LogP contribution >= 0.6 is 31.9 Å². The van der Waals surface area contributed by atoms with Crippen LogP contribution < -0.4 is 10.9 Å². The average molecular weight is 392 g/mol. The Morgan fingerprint density at radius 2 is 1.74 bits per heavy atom. The van der Waals surface area contributed by atoms with Crippen molar-refractivity contribution in [2.45, 2.75) is 6.54 Å². The zero-order valence-corrected chi connectivity index (χ0v) is 12.9. The number of nitrogens with one attached hydrogen (secondary N) is 2. The number of rotatable bonds is 4. The summed E-state index contributed by atoms with van der Waals surface area (Å²) in [5.41, 5.74) is 7.02. The van der Waals surface area contributed by atoms with Gasteiger partial charge in [-0.15, -0.1) is 0 Å². The second-order valence-corrected chi connectivity index (χ2v) is 5.44. The highest BCUT2D eigenvalue weighted by molar-refractivity contribution is 9.11. The maximum absolute atomic E-state index is 13.9. The molecule has 0 atom stereocenters. The fraction of sp³-hybridized carbons (Fsp3) is 0.0769. The predicted octanol–water partition coefficient (Wildman–Crippen LogP) is 4.61. The van der Waals surface area contributed by atoms with Crippen LogP contribution in [-0.4, -0.2) is 0 Å². The van der Waals surface area contributed by atoms with Crippen LogP contribution in [0.5, 0.6) is 0 Å². The Hall–Kier alpha value is -0.980. The quantitative estimate of drug-likeness (QED) is 0.452. The van der Waals surface area contributed by atoms with Crippen molar-refractivity contribution in [2.75, 3.05) is 5.43 Å². The summed E-state index contributed by atoms with van der Waals surface area (Å²) in [6, 6.07) is 10.6. The molecule has 100 valence electrons. The molecule has 0 heterocycles. The van der Waals surface area contributed by atoms with Crippen molar-refractivity contribution >= 4 is 37.5 Å². The van der Waals surface area contributed by atoms with E-state index >= 15 is 0 Å². The van der Waals surface area contributed by atoms with Gasteiger partial charge in [-0.3, -0.25) is 0 Å². The first kappa shape index (κ1) is 14.4. The summed E-state index contributed by atoms with van der Waals surface area (Å²) in [6.07, 6.45) is 0. The van der Waals surface area contributed by atoms with Crippen molar-refractivity contribution in [2.24, 2.45) is 0 Å². The van der Waals surface area contributed by atoms with Crippen molar-refractivity contribution in [3.8, 4) is 0 Å². The summed E-state index contributed by atoms with van der Waals surface area (Å²) < 4.78 is 27.3. The van der Waals surface area contributed by atoms with E-state index in [0.717, 1.165) is 5.69 Å². The van der Waals surface area contributed by atoms with Crippen molar-refractivity contribution in [3.63, 3.8) is 0 Å². The molecule has 0 fully saturated rings. The molecule has 2 aromatic rings. The topological polar surface area (TPSA) is 24.1 Å². The van der Waals surface area contributed by atoms with Gasteiger partial charge in [-0.2, -0.15) is 0 Å². The van der Waals surface area contributed by atoms with E-state index in [4.69, 9.17) is 0 Å². The summed E-state index contributed by atoms with van der Waals surface area (Å²) in [6.45, 7) is 0.209. The molecule has 0 unspecified atom stereocenters. The van der Waals surface area contributed by atoms with E-state index in [1.54, 1.807) is 0 Å². The number of para-hydroxylation sites is 1. The highest BCUT2D eigenvalue weighted by Gasteiger charge is 2.15. The van der Waals surface area contributed by atoms with E-state index in [0.29, 0.717) is 10.0 Å². The van der Waals surface area contributed by atoms with Gasteiger partial charge in [0.05, 0.1) is 4.47 Å². The zero-order valence-electron chi connectivity index (χ0n) is 9.68. The molecule has 0 spiro atoms. The minimum Gasteiger partial charge on any atom is -0.321 e. The van der Waals surface area contributed by atoms with Crippen LogP contribution in [0, 0.1) is 11.6 Å². The van der Waals surface area contributed by atoms with Crippen LogP contribution in [0.4, 0.5) is 14.5 Å². The highest BCUT2D eigenvalue weighted by atomic mass is 79.9. The lowest BCUT2D eigenvalue weighted by Crippen LogP contribution is -2.22. The van der Waals surface area contributed by atoms with Crippen LogP contribution in [-0.2, 0) is 6.54 Å². The highest BCUT2D eigenvalue weighted by Crippen LogP contribution is 2.29. The van der Waals surface area contributed by atoms with Crippen LogP contribution in [0.2, 0.25) is 0 Å². The van der Waals surface area contributed by atoms with Gasteiger partial charge in [0.2, 0.25) is 0 Å². The maximum atomic E-state index is 13.9. The van der Waals surface area contributed by atoms with E-state index in [2.05, 4.69) is 42.7 Å². The monoisotopic (exact) mass is 390 g/mol. The van der Waals surface area contributed by atoms with E-state index in [-0.39, 0.29) is 11.0 Å². The molecule has 0 saturated heterocycles. The Morgan fingerprint density at radius 1 is 1.05 bits per heavy atom. The molecule has 2 N–H and O–H groups in total. The normalized spacial score (nSPS) is 10.5. The van der Waals surface area contributed by atoms with Crippen LogP contribution in [0.3, 0.4) is 0 Å². The second-order valence-electron chi connectivity index (χ2n) is 3.79. The zero-order chi connectivity index (χ0) is 13.8. The molecule has 19 heavy (non-hydrogen) atoms. The van der Waals surface area contributed by atoms with Crippen LogP contribution in [0.25, 0.3) is 0 Å². The summed E-state index contributed by atoms with van der Waals surface area (Å²) in [5, 5.41) is 0. The van der Waals surface area contributed by atoms with Gasteiger partial charge in [0.1, 0.15) is 11.6 Å². The molecule has 2 aromatic carbocycles. The van der Waals surface area contributed by atoms with Crippen molar-refractivity contribution in [1.82, 2.24) is 5.43 Å². The molecule has 0 radical (unpaired) electrons. The Kier molecular flexibility index (Phi) is 4.90. The predicted molar refractivity (Wildman–Crippen MR) is 78.7 cm³/mol. The van der Waals surface area contributed by atoms with E-state index in [1.807, 2.05) is 30.3 Å². The summed E-state index contributed by atoms with van der Waals surface area (Å²) >= 11 is 6.03. The van der Waals surface area contributed by atoms with E-state index in [9.17, 15) is 8.78 Å². The molecule has 0 aliphatic carbocycles. The smallest absolute Gasteiger partial charge is 0.146 e. The Balaban J connectivity index is 2.06. The lowest BCUT2D eigenvalue weighted by molar-refractivity contribution is 0.553. The van der Waals surface area contributed by atoms with Crippen LogP contribution in [0.1, 0.15) is 5.56 Å². The largest absolute Gasteiger partial charge is 0.321 e. The van der Waals surface area contributed by atoms with E-state index in [1.165, 1.54) is 6.07 Å². The number of benzene rings is 2. The SMILES string of the molecule is Fc1cc(Br)c(CNNc2ccccc2)c(F)c1Br. The standard InChI is InChI=1S/C13H10Br2F2N2/c14-10-6-11(16)12(15)13(17)9(10)7-18-19-8-4-2-1-3-5-8/h1-6,18-19H,7H2. The Bertz CT molecular complexity index is 577. The molecule has 6 heteroatoms. The van der Waals surface area contributed by atoms with Gasteiger partial charge in [0.25, 0.3) is 0 Å². The van der Waals surface area contributed by atoms with Gasteiger partial charge in [0.15, 0.2) is 0 Å². The maximum Gasteiger partial charge on any atom is 0.146 e. The van der Waals surface area contributed by atoms with Crippen LogP contribution in [0.15, 0.2) is 45.3 Å². The lowest BCUT2D eigenvalue weighted by Gasteiger charge is -2.11. The molecule has 0 aliphatic heterocycles. The molecular formula is C13H10Br2F2N2. The summed E-state index contributed by atoms with van der Waals surface area (Å²) in [7, 11) is 0. The third-order valence-corrected chi connectivity index (χ3v) is 3.92. The molecule has 0 bridgehead atoms. The molecule has 0 saturated carbocycles. The third-order valence-electron chi connectivity index (χ3n) is 2.48. The molecule has 2 rings (SSSR count). The van der Waals surface area contributed by atoms with Gasteiger partial charge < -0.3 is 5.43 Å².